The van der Waals surface area contributed by atoms with E-state index in [2.05, 4.69) is 17.6 Å². The van der Waals surface area contributed by atoms with Gasteiger partial charge in [0.05, 0.1) is 5.92 Å². The molecule has 0 radical (unpaired) electrons. The third-order valence-corrected chi connectivity index (χ3v) is 4.66. The number of piperidine rings is 1. The average molecular weight is 252 g/mol. The lowest BCUT2D eigenvalue weighted by Gasteiger charge is -2.28. The van der Waals surface area contributed by atoms with E-state index in [0.29, 0.717) is 6.04 Å². The number of carbonyl (C=O) groups is 1. The standard InChI is InChI=1S/C15H28N2O/c1-12-14(9-5-10-16-12)15(18)17-11-4-8-13-6-2-3-7-13/h12-14,16H,2-11H2,1H3,(H,17,18). The van der Waals surface area contributed by atoms with Gasteiger partial charge >= 0.3 is 0 Å². The highest BCUT2D eigenvalue weighted by Gasteiger charge is 2.27. The van der Waals surface area contributed by atoms with Crippen molar-refractivity contribution < 1.29 is 4.79 Å². The second-order valence-electron chi connectivity index (χ2n) is 6.08. The zero-order chi connectivity index (χ0) is 12.8. The topological polar surface area (TPSA) is 41.1 Å². The van der Waals surface area contributed by atoms with Crippen LogP contribution in [0.3, 0.4) is 0 Å². The molecule has 1 saturated heterocycles. The maximum Gasteiger partial charge on any atom is 0.224 e. The normalized spacial score (nSPS) is 29.4. The SMILES string of the molecule is CC1NCCCC1C(=O)NCCCC1CCCC1. The van der Waals surface area contributed by atoms with Gasteiger partial charge in [0.2, 0.25) is 5.91 Å². The quantitative estimate of drug-likeness (QED) is 0.738. The Bertz CT molecular complexity index is 261. The molecule has 3 heteroatoms. The van der Waals surface area contributed by atoms with Gasteiger partial charge in [-0.3, -0.25) is 4.79 Å². The Morgan fingerprint density at radius 2 is 2.00 bits per heavy atom. The number of carbonyl (C=O) groups excluding carboxylic acids is 1. The van der Waals surface area contributed by atoms with E-state index in [1.54, 1.807) is 0 Å². The molecule has 2 rings (SSSR count). The van der Waals surface area contributed by atoms with Crippen molar-refractivity contribution in [3.63, 3.8) is 0 Å². The van der Waals surface area contributed by atoms with E-state index in [1.807, 2.05) is 0 Å². The summed E-state index contributed by atoms with van der Waals surface area (Å²) in [4.78, 5) is 12.1. The van der Waals surface area contributed by atoms with Crippen molar-refractivity contribution in [3.8, 4) is 0 Å². The van der Waals surface area contributed by atoms with Gasteiger partial charge in [-0.25, -0.2) is 0 Å². The first-order chi connectivity index (χ1) is 8.77. The minimum atomic E-state index is 0.185. The van der Waals surface area contributed by atoms with Crippen LogP contribution in [0.15, 0.2) is 0 Å². The summed E-state index contributed by atoms with van der Waals surface area (Å²) in [5.74, 6) is 1.39. The summed E-state index contributed by atoms with van der Waals surface area (Å²) in [6.07, 6.45) is 10.3. The third-order valence-electron chi connectivity index (χ3n) is 4.66. The van der Waals surface area contributed by atoms with E-state index >= 15 is 0 Å². The zero-order valence-corrected chi connectivity index (χ0v) is 11.7. The van der Waals surface area contributed by atoms with E-state index in [0.717, 1.165) is 38.3 Å². The van der Waals surface area contributed by atoms with Crippen LogP contribution >= 0.6 is 0 Å². The monoisotopic (exact) mass is 252 g/mol. The van der Waals surface area contributed by atoms with Crippen LogP contribution in [0.2, 0.25) is 0 Å². The fourth-order valence-corrected chi connectivity index (χ4v) is 3.43. The third kappa shape index (κ3) is 3.98. The zero-order valence-electron chi connectivity index (χ0n) is 11.7. The summed E-state index contributed by atoms with van der Waals surface area (Å²) in [6, 6.07) is 0.341. The molecule has 0 aromatic rings. The van der Waals surface area contributed by atoms with Crippen LogP contribution in [-0.2, 0) is 4.79 Å². The number of hydrogen-bond donors (Lipinski definition) is 2. The minimum absolute atomic E-state index is 0.185. The molecule has 1 aliphatic heterocycles. The lowest BCUT2D eigenvalue weighted by atomic mass is 9.91. The first-order valence-electron chi connectivity index (χ1n) is 7.78. The molecule has 1 saturated carbocycles. The lowest BCUT2D eigenvalue weighted by molar-refractivity contribution is -0.126. The molecule has 1 amide bonds. The molecule has 0 aromatic carbocycles. The molecule has 18 heavy (non-hydrogen) atoms. The molecule has 104 valence electrons. The van der Waals surface area contributed by atoms with Gasteiger partial charge < -0.3 is 10.6 Å². The van der Waals surface area contributed by atoms with Crippen LogP contribution in [-0.4, -0.2) is 25.0 Å². The van der Waals surface area contributed by atoms with E-state index in [-0.39, 0.29) is 11.8 Å². The maximum atomic E-state index is 12.1. The molecular weight excluding hydrogens is 224 g/mol. The molecule has 2 fully saturated rings. The van der Waals surface area contributed by atoms with Crippen LogP contribution < -0.4 is 10.6 Å². The molecule has 2 N–H and O–H groups in total. The van der Waals surface area contributed by atoms with Gasteiger partial charge in [-0.1, -0.05) is 25.7 Å². The van der Waals surface area contributed by atoms with Gasteiger partial charge in [0.1, 0.15) is 0 Å². The van der Waals surface area contributed by atoms with Crippen molar-refractivity contribution in [3.05, 3.63) is 0 Å². The Kier molecular flexibility index (Phi) is 5.48. The highest BCUT2D eigenvalue weighted by atomic mass is 16.1. The first-order valence-corrected chi connectivity index (χ1v) is 7.78. The Hall–Kier alpha value is -0.570. The van der Waals surface area contributed by atoms with E-state index in [4.69, 9.17) is 0 Å². The molecular formula is C15H28N2O. The molecule has 2 atom stereocenters. The summed E-state index contributed by atoms with van der Waals surface area (Å²) in [7, 11) is 0. The van der Waals surface area contributed by atoms with Crippen molar-refractivity contribution in [2.24, 2.45) is 11.8 Å². The molecule has 0 aromatic heterocycles. The molecule has 0 bridgehead atoms. The van der Waals surface area contributed by atoms with Crippen molar-refractivity contribution in [1.82, 2.24) is 10.6 Å². The van der Waals surface area contributed by atoms with Crippen LogP contribution in [0.25, 0.3) is 0 Å². The lowest BCUT2D eigenvalue weighted by Crippen LogP contribution is -2.46. The summed E-state index contributed by atoms with van der Waals surface area (Å²) in [5, 5.41) is 6.52. The maximum absolute atomic E-state index is 12.1. The van der Waals surface area contributed by atoms with E-state index < -0.39 is 0 Å². The summed E-state index contributed by atoms with van der Waals surface area (Å²) in [6.45, 7) is 4.06. The smallest absolute Gasteiger partial charge is 0.224 e. The number of nitrogens with one attached hydrogen (secondary N) is 2. The molecule has 2 unspecified atom stereocenters. The number of hydrogen-bond acceptors (Lipinski definition) is 2. The molecule has 1 heterocycles. The number of amides is 1. The summed E-state index contributed by atoms with van der Waals surface area (Å²) in [5.41, 5.74) is 0. The van der Waals surface area contributed by atoms with Crippen LogP contribution in [0.1, 0.15) is 58.3 Å². The predicted molar refractivity (Wildman–Crippen MR) is 74.4 cm³/mol. The highest BCUT2D eigenvalue weighted by Crippen LogP contribution is 2.28. The Morgan fingerprint density at radius 1 is 1.22 bits per heavy atom. The second kappa shape index (κ2) is 7.13. The summed E-state index contributed by atoms with van der Waals surface area (Å²) < 4.78 is 0. The van der Waals surface area contributed by atoms with E-state index in [9.17, 15) is 4.79 Å². The van der Waals surface area contributed by atoms with Gasteiger partial charge in [-0.2, -0.15) is 0 Å². The van der Waals surface area contributed by atoms with Crippen molar-refractivity contribution >= 4 is 5.91 Å². The molecule has 2 aliphatic rings. The molecule has 1 aliphatic carbocycles. The van der Waals surface area contributed by atoms with Gasteiger partial charge in [0, 0.05) is 12.6 Å². The minimum Gasteiger partial charge on any atom is -0.356 e. The van der Waals surface area contributed by atoms with Gasteiger partial charge in [0.25, 0.3) is 0 Å². The number of rotatable bonds is 5. The van der Waals surface area contributed by atoms with Crippen LogP contribution in [0.4, 0.5) is 0 Å². The first kappa shape index (κ1) is 13.9. The highest BCUT2D eigenvalue weighted by molar-refractivity contribution is 5.79. The van der Waals surface area contributed by atoms with Crippen molar-refractivity contribution in [1.29, 1.82) is 0 Å². The van der Waals surface area contributed by atoms with Crippen LogP contribution in [0.5, 0.6) is 0 Å². The average Bonchev–Trinajstić information content (AvgIpc) is 2.88. The van der Waals surface area contributed by atoms with Gasteiger partial charge in [-0.15, -0.1) is 0 Å². The van der Waals surface area contributed by atoms with Gasteiger partial charge in [-0.05, 0) is 45.1 Å². The predicted octanol–water partition coefficient (Wildman–Crippen LogP) is 2.46. The van der Waals surface area contributed by atoms with Crippen molar-refractivity contribution in [2.45, 2.75) is 64.3 Å². The van der Waals surface area contributed by atoms with Crippen LogP contribution in [0, 0.1) is 11.8 Å². The van der Waals surface area contributed by atoms with Gasteiger partial charge in [0.15, 0.2) is 0 Å². The Balaban J connectivity index is 1.58. The van der Waals surface area contributed by atoms with Crippen molar-refractivity contribution in [2.75, 3.05) is 13.1 Å². The molecule has 0 spiro atoms. The fraction of sp³-hybridized carbons (Fsp3) is 0.933. The Labute approximate surface area is 111 Å². The molecule has 3 nitrogen and oxygen atoms in total. The summed E-state index contributed by atoms with van der Waals surface area (Å²) >= 11 is 0. The largest absolute Gasteiger partial charge is 0.356 e. The van der Waals surface area contributed by atoms with E-state index in [1.165, 1.54) is 32.1 Å². The second-order valence-corrected chi connectivity index (χ2v) is 6.08. The Morgan fingerprint density at radius 3 is 2.72 bits per heavy atom. The fourth-order valence-electron chi connectivity index (χ4n) is 3.43.